The highest BCUT2D eigenvalue weighted by molar-refractivity contribution is 6.11. The van der Waals surface area contributed by atoms with E-state index >= 15 is 0 Å². The molecule has 0 saturated heterocycles. The van der Waals surface area contributed by atoms with Gasteiger partial charge in [0.05, 0.1) is 11.4 Å². The van der Waals surface area contributed by atoms with Crippen LogP contribution in [-0.4, -0.2) is 15.7 Å². The number of allylic oxidation sites excluding steroid dienone is 1. The predicted octanol–water partition coefficient (Wildman–Crippen LogP) is 4.60. The third kappa shape index (κ3) is 3.48. The van der Waals surface area contributed by atoms with Crippen LogP contribution >= 0.6 is 0 Å². The monoisotopic (exact) mass is 329 g/mol. The van der Waals surface area contributed by atoms with Crippen molar-refractivity contribution in [3.63, 3.8) is 0 Å². The van der Waals surface area contributed by atoms with E-state index < -0.39 is 0 Å². The molecule has 2 N–H and O–H groups in total. The Hall–Kier alpha value is -3.27. The van der Waals surface area contributed by atoms with Crippen molar-refractivity contribution < 1.29 is 4.74 Å². The summed E-state index contributed by atoms with van der Waals surface area (Å²) in [6.07, 6.45) is 5.89. The molecule has 25 heavy (non-hydrogen) atoms. The van der Waals surface area contributed by atoms with Crippen LogP contribution in [0.4, 0.5) is 0 Å². The zero-order valence-corrected chi connectivity index (χ0v) is 14.0. The standard InChI is InChI=1S/C21H19N3O/c1-15-9-10-17(23-15)12-20-21(25-14-16-6-3-2-4-7-16)13-19(24-20)18-8-5-11-22-18/h2-13,22-23H,14H2,1H3/b20-12+. The fraction of sp³-hybridized carbons (Fsp3) is 0.0952. The van der Waals surface area contributed by atoms with Gasteiger partial charge in [-0.1, -0.05) is 30.3 Å². The SMILES string of the molecule is Cc1ccc(/C=C2/N=C(c3ccc[nH]3)C=C2OCc2ccccc2)[nH]1. The van der Waals surface area contributed by atoms with E-state index in [2.05, 4.69) is 22.1 Å². The Balaban J connectivity index is 1.61. The van der Waals surface area contributed by atoms with Crippen LogP contribution in [0.3, 0.4) is 0 Å². The molecule has 0 bridgehead atoms. The Bertz CT molecular complexity index is 944. The number of rotatable bonds is 5. The van der Waals surface area contributed by atoms with Crippen molar-refractivity contribution in [1.82, 2.24) is 9.97 Å². The Morgan fingerprint density at radius 1 is 1.04 bits per heavy atom. The van der Waals surface area contributed by atoms with Crippen molar-refractivity contribution in [3.8, 4) is 0 Å². The van der Waals surface area contributed by atoms with E-state index in [0.717, 1.165) is 39.8 Å². The lowest BCUT2D eigenvalue weighted by molar-refractivity contribution is 0.208. The maximum absolute atomic E-state index is 6.06. The number of nitrogens with one attached hydrogen (secondary N) is 2. The van der Waals surface area contributed by atoms with E-state index in [1.165, 1.54) is 0 Å². The molecule has 0 unspecified atom stereocenters. The lowest BCUT2D eigenvalue weighted by atomic mass is 10.2. The number of aryl methyl sites for hydroxylation is 1. The second-order valence-corrected chi connectivity index (χ2v) is 5.99. The third-order valence-corrected chi connectivity index (χ3v) is 4.02. The van der Waals surface area contributed by atoms with Crippen LogP contribution in [0.2, 0.25) is 0 Å². The van der Waals surface area contributed by atoms with Gasteiger partial charge in [-0.05, 0) is 42.8 Å². The molecule has 4 nitrogen and oxygen atoms in total. The van der Waals surface area contributed by atoms with Crippen LogP contribution in [-0.2, 0) is 11.3 Å². The molecular formula is C21H19N3O. The van der Waals surface area contributed by atoms with E-state index in [4.69, 9.17) is 9.73 Å². The Kier molecular flexibility index (Phi) is 4.09. The number of hydrogen-bond acceptors (Lipinski definition) is 2. The normalized spacial score (nSPS) is 15.3. The summed E-state index contributed by atoms with van der Waals surface area (Å²) in [5.41, 5.74) is 5.94. The van der Waals surface area contributed by atoms with Crippen LogP contribution < -0.4 is 0 Å². The van der Waals surface area contributed by atoms with Crippen molar-refractivity contribution in [3.05, 3.63) is 101 Å². The lowest BCUT2D eigenvalue weighted by Crippen LogP contribution is -1.95. The first-order valence-corrected chi connectivity index (χ1v) is 8.26. The van der Waals surface area contributed by atoms with Gasteiger partial charge >= 0.3 is 0 Å². The zero-order chi connectivity index (χ0) is 17.1. The fourth-order valence-electron chi connectivity index (χ4n) is 2.75. The van der Waals surface area contributed by atoms with Gasteiger partial charge < -0.3 is 14.7 Å². The van der Waals surface area contributed by atoms with Crippen LogP contribution in [0.15, 0.2) is 83.3 Å². The van der Waals surface area contributed by atoms with Crippen molar-refractivity contribution in [1.29, 1.82) is 0 Å². The van der Waals surface area contributed by atoms with Crippen molar-refractivity contribution in [2.75, 3.05) is 0 Å². The van der Waals surface area contributed by atoms with Crippen LogP contribution in [0, 0.1) is 6.92 Å². The van der Waals surface area contributed by atoms with Gasteiger partial charge in [0.2, 0.25) is 0 Å². The van der Waals surface area contributed by atoms with E-state index in [1.54, 1.807) is 0 Å². The molecule has 124 valence electrons. The molecule has 0 radical (unpaired) electrons. The van der Waals surface area contributed by atoms with Crippen molar-refractivity contribution in [2.24, 2.45) is 4.99 Å². The van der Waals surface area contributed by atoms with Gasteiger partial charge in [-0.3, -0.25) is 0 Å². The molecule has 1 aromatic carbocycles. The fourth-order valence-corrected chi connectivity index (χ4v) is 2.75. The number of nitrogens with zero attached hydrogens (tertiary/aromatic N) is 1. The summed E-state index contributed by atoms with van der Waals surface area (Å²) >= 11 is 0. The van der Waals surface area contributed by atoms with Gasteiger partial charge in [0.25, 0.3) is 0 Å². The third-order valence-electron chi connectivity index (χ3n) is 4.02. The minimum atomic E-state index is 0.515. The number of benzene rings is 1. The van der Waals surface area contributed by atoms with Gasteiger partial charge in [0.15, 0.2) is 0 Å². The molecule has 3 heterocycles. The summed E-state index contributed by atoms with van der Waals surface area (Å²) in [4.78, 5) is 11.2. The Morgan fingerprint density at radius 3 is 2.64 bits per heavy atom. The highest BCUT2D eigenvalue weighted by Crippen LogP contribution is 2.26. The number of aromatic nitrogens is 2. The Labute approximate surface area is 146 Å². The number of aliphatic imine (C=N–C) groups is 1. The summed E-state index contributed by atoms with van der Waals surface area (Å²) < 4.78 is 6.06. The average Bonchev–Trinajstić information content (AvgIpc) is 3.36. The van der Waals surface area contributed by atoms with Gasteiger partial charge in [0.1, 0.15) is 18.1 Å². The quantitative estimate of drug-likeness (QED) is 0.706. The minimum Gasteiger partial charge on any atom is -0.487 e. The van der Waals surface area contributed by atoms with Gasteiger partial charge in [0, 0.05) is 23.7 Å². The molecular weight excluding hydrogens is 310 g/mol. The van der Waals surface area contributed by atoms with Crippen LogP contribution in [0.1, 0.15) is 22.6 Å². The largest absolute Gasteiger partial charge is 0.487 e. The smallest absolute Gasteiger partial charge is 0.147 e. The molecule has 1 aliphatic rings. The predicted molar refractivity (Wildman–Crippen MR) is 100 cm³/mol. The molecule has 3 aromatic rings. The Morgan fingerprint density at radius 2 is 1.92 bits per heavy atom. The second kappa shape index (κ2) is 6.69. The zero-order valence-electron chi connectivity index (χ0n) is 14.0. The van der Waals surface area contributed by atoms with Gasteiger partial charge in [-0.25, -0.2) is 4.99 Å². The molecule has 4 rings (SSSR count). The molecule has 0 aliphatic carbocycles. The topological polar surface area (TPSA) is 53.2 Å². The maximum atomic E-state index is 6.06. The molecule has 0 atom stereocenters. The molecule has 2 aromatic heterocycles. The van der Waals surface area contributed by atoms with E-state index in [0.29, 0.717) is 6.61 Å². The van der Waals surface area contributed by atoms with Gasteiger partial charge in [-0.15, -0.1) is 0 Å². The molecule has 0 amide bonds. The minimum absolute atomic E-state index is 0.515. The first-order chi connectivity index (χ1) is 12.3. The summed E-state index contributed by atoms with van der Waals surface area (Å²) in [5.74, 6) is 0.778. The maximum Gasteiger partial charge on any atom is 0.147 e. The molecule has 0 fully saturated rings. The average molecular weight is 329 g/mol. The molecule has 0 spiro atoms. The summed E-state index contributed by atoms with van der Waals surface area (Å²) in [7, 11) is 0. The second-order valence-electron chi connectivity index (χ2n) is 5.99. The number of H-pyrrole nitrogens is 2. The van der Waals surface area contributed by atoms with Crippen LogP contribution in [0.25, 0.3) is 6.08 Å². The van der Waals surface area contributed by atoms with Crippen molar-refractivity contribution >= 4 is 11.8 Å². The highest BCUT2D eigenvalue weighted by atomic mass is 16.5. The van der Waals surface area contributed by atoms with E-state index in [9.17, 15) is 0 Å². The van der Waals surface area contributed by atoms with E-state index in [-0.39, 0.29) is 0 Å². The lowest BCUT2D eigenvalue weighted by Gasteiger charge is -2.07. The molecule has 4 heteroatoms. The number of aromatic amines is 2. The summed E-state index contributed by atoms with van der Waals surface area (Å²) in [5, 5.41) is 0. The molecule has 1 aliphatic heterocycles. The number of ether oxygens (including phenoxy) is 1. The molecule has 0 saturated carbocycles. The van der Waals surface area contributed by atoms with Crippen molar-refractivity contribution in [2.45, 2.75) is 13.5 Å². The summed E-state index contributed by atoms with van der Waals surface area (Å²) in [6, 6.07) is 18.2. The van der Waals surface area contributed by atoms with Crippen LogP contribution in [0.5, 0.6) is 0 Å². The first-order valence-electron chi connectivity index (χ1n) is 8.26. The highest BCUT2D eigenvalue weighted by Gasteiger charge is 2.18. The van der Waals surface area contributed by atoms with Gasteiger partial charge in [-0.2, -0.15) is 0 Å². The number of hydrogen-bond donors (Lipinski definition) is 2. The summed E-state index contributed by atoms with van der Waals surface area (Å²) in [6.45, 7) is 2.55. The van der Waals surface area contributed by atoms with E-state index in [1.807, 2.05) is 67.7 Å². The first kappa shape index (κ1) is 15.3.